The van der Waals surface area contributed by atoms with E-state index in [0.29, 0.717) is 6.61 Å². The van der Waals surface area contributed by atoms with Crippen LogP contribution >= 0.6 is 0 Å². The first-order valence-corrected chi connectivity index (χ1v) is 5.86. The maximum absolute atomic E-state index is 9.61. The third-order valence-electron chi connectivity index (χ3n) is 3.30. The first-order valence-electron chi connectivity index (χ1n) is 5.86. The van der Waals surface area contributed by atoms with Crippen molar-refractivity contribution in [1.29, 1.82) is 0 Å². The molecule has 1 unspecified atom stereocenters. The Kier molecular flexibility index (Phi) is 3.46. The Morgan fingerprint density at radius 1 is 1.50 bits per heavy atom. The summed E-state index contributed by atoms with van der Waals surface area (Å²) >= 11 is 0. The van der Waals surface area contributed by atoms with Gasteiger partial charge in [0.25, 0.3) is 0 Å². The van der Waals surface area contributed by atoms with Gasteiger partial charge in [0.05, 0.1) is 13.2 Å². The maximum atomic E-state index is 9.61. The molecule has 0 aromatic heterocycles. The number of aliphatic hydroxyl groups excluding tert-OH is 1. The van der Waals surface area contributed by atoms with E-state index in [4.69, 9.17) is 4.74 Å². The number of aliphatic hydroxyl groups is 1. The molecule has 3 heteroatoms. The SMILES string of the molecule is CCOc1cccc(C2(CO)CCNC2)c1. The van der Waals surface area contributed by atoms with Gasteiger partial charge < -0.3 is 15.2 Å². The fraction of sp³-hybridized carbons (Fsp3) is 0.538. The molecule has 0 spiro atoms. The van der Waals surface area contributed by atoms with E-state index in [0.717, 1.165) is 25.3 Å². The molecule has 0 bridgehead atoms. The fourth-order valence-electron chi connectivity index (χ4n) is 2.30. The van der Waals surface area contributed by atoms with Crippen LogP contribution in [0.4, 0.5) is 0 Å². The summed E-state index contributed by atoms with van der Waals surface area (Å²) in [4.78, 5) is 0. The molecule has 3 nitrogen and oxygen atoms in total. The molecule has 0 saturated carbocycles. The second-order valence-corrected chi connectivity index (χ2v) is 4.33. The lowest BCUT2D eigenvalue weighted by atomic mass is 9.80. The average Bonchev–Trinajstić information content (AvgIpc) is 2.80. The molecule has 0 aliphatic carbocycles. The minimum atomic E-state index is -0.118. The van der Waals surface area contributed by atoms with Crippen LogP contribution in [0.25, 0.3) is 0 Å². The van der Waals surface area contributed by atoms with Crippen molar-refractivity contribution < 1.29 is 9.84 Å². The first kappa shape index (κ1) is 11.4. The molecular weight excluding hydrogens is 202 g/mol. The van der Waals surface area contributed by atoms with Gasteiger partial charge in [0.2, 0.25) is 0 Å². The Labute approximate surface area is 96.4 Å². The highest BCUT2D eigenvalue weighted by Crippen LogP contribution is 2.32. The van der Waals surface area contributed by atoms with Gasteiger partial charge in [-0.15, -0.1) is 0 Å². The Balaban J connectivity index is 2.27. The van der Waals surface area contributed by atoms with Crippen molar-refractivity contribution in [3.05, 3.63) is 29.8 Å². The zero-order valence-corrected chi connectivity index (χ0v) is 9.70. The molecule has 16 heavy (non-hydrogen) atoms. The van der Waals surface area contributed by atoms with Crippen LogP contribution in [-0.2, 0) is 5.41 Å². The molecule has 1 atom stereocenters. The van der Waals surface area contributed by atoms with E-state index in [-0.39, 0.29) is 12.0 Å². The van der Waals surface area contributed by atoms with Crippen molar-refractivity contribution in [3.8, 4) is 5.75 Å². The Hall–Kier alpha value is -1.06. The number of ether oxygens (including phenoxy) is 1. The van der Waals surface area contributed by atoms with E-state index in [2.05, 4.69) is 11.4 Å². The molecule has 1 saturated heterocycles. The Morgan fingerprint density at radius 2 is 2.38 bits per heavy atom. The number of rotatable bonds is 4. The van der Waals surface area contributed by atoms with Gasteiger partial charge in [-0.1, -0.05) is 12.1 Å². The van der Waals surface area contributed by atoms with Crippen LogP contribution in [0.15, 0.2) is 24.3 Å². The molecule has 1 heterocycles. The van der Waals surface area contributed by atoms with E-state index < -0.39 is 0 Å². The lowest BCUT2D eigenvalue weighted by molar-refractivity contribution is 0.205. The van der Waals surface area contributed by atoms with Crippen LogP contribution in [0.5, 0.6) is 5.75 Å². The molecule has 2 N–H and O–H groups in total. The van der Waals surface area contributed by atoms with Gasteiger partial charge in [-0.3, -0.25) is 0 Å². The van der Waals surface area contributed by atoms with Crippen molar-refractivity contribution in [2.24, 2.45) is 0 Å². The van der Waals surface area contributed by atoms with Crippen LogP contribution in [-0.4, -0.2) is 31.4 Å². The molecule has 88 valence electrons. The van der Waals surface area contributed by atoms with Gasteiger partial charge in [0, 0.05) is 12.0 Å². The van der Waals surface area contributed by atoms with Crippen molar-refractivity contribution in [3.63, 3.8) is 0 Å². The second kappa shape index (κ2) is 4.85. The van der Waals surface area contributed by atoms with Gasteiger partial charge in [-0.2, -0.15) is 0 Å². The van der Waals surface area contributed by atoms with Gasteiger partial charge in [-0.05, 0) is 37.6 Å². The Morgan fingerprint density at radius 3 is 3.00 bits per heavy atom. The largest absolute Gasteiger partial charge is 0.494 e. The molecule has 1 aliphatic heterocycles. The van der Waals surface area contributed by atoms with E-state index in [1.54, 1.807) is 0 Å². The van der Waals surface area contributed by atoms with E-state index in [1.807, 2.05) is 25.1 Å². The van der Waals surface area contributed by atoms with Crippen LogP contribution in [0.3, 0.4) is 0 Å². The molecule has 0 radical (unpaired) electrons. The van der Waals surface area contributed by atoms with Crippen LogP contribution in [0.1, 0.15) is 18.9 Å². The van der Waals surface area contributed by atoms with Crippen molar-refractivity contribution in [1.82, 2.24) is 5.32 Å². The summed E-state index contributed by atoms with van der Waals surface area (Å²) in [6.45, 7) is 4.66. The molecule has 0 amide bonds. The lowest BCUT2D eigenvalue weighted by Crippen LogP contribution is -2.32. The van der Waals surface area contributed by atoms with E-state index in [1.165, 1.54) is 5.56 Å². The first-order chi connectivity index (χ1) is 7.80. The smallest absolute Gasteiger partial charge is 0.119 e. The number of hydrogen-bond acceptors (Lipinski definition) is 3. The highest BCUT2D eigenvalue weighted by molar-refractivity contribution is 5.35. The second-order valence-electron chi connectivity index (χ2n) is 4.33. The fourth-order valence-corrected chi connectivity index (χ4v) is 2.30. The molecule has 1 aromatic rings. The van der Waals surface area contributed by atoms with Gasteiger partial charge in [0.1, 0.15) is 5.75 Å². The summed E-state index contributed by atoms with van der Waals surface area (Å²) < 4.78 is 5.49. The minimum absolute atomic E-state index is 0.118. The zero-order valence-electron chi connectivity index (χ0n) is 9.70. The summed E-state index contributed by atoms with van der Waals surface area (Å²) in [6, 6.07) is 8.08. The summed E-state index contributed by atoms with van der Waals surface area (Å²) in [7, 11) is 0. The standard InChI is InChI=1S/C13H19NO2/c1-2-16-12-5-3-4-11(8-12)13(10-15)6-7-14-9-13/h3-5,8,14-15H,2,6-7,9-10H2,1H3. The third-order valence-corrected chi connectivity index (χ3v) is 3.30. The summed E-state index contributed by atoms with van der Waals surface area (Å²) in [5.74, 6) is 0.889. The highest BCUT2D eigenvalue weighted by atomic mass is 16.5. The van der Waals surface area contributed by atoms with Crippen LogP contribution < -0.4 is 10.1 Å². The molecule has 1 aromatic carbocycles. The van der Waals surface area contributed by atoms with Crippen LogP contribution in [0, 0.1) is 0 Å². The van der Waals surface area contributed by atoms with Crippen molar-refractivity contribution in [2.75, 3.05) is 26.3 Å². The van der Waals surface area contributed by atoms with Crippen LogP contribution in [0.2, 0.25) is 0 Å². The third kappa shape index (κ3) is 2.06. The lowest BCUT2D eigenvalue weighted by Gasteiger charge is -2.26. The minimum Gasteiger partial charge on any atom is -0.494 e. The predicted octanol–water partition coefficient (Wildman–Crippen LogP) is 1.31. The molecule has 1 aliphatic rings. The van der Waals surface area contributed by atoms with Crippen molar-refractivity contribution in [2.45, 2.75) is 18.8 Å². The van der Waals surface area contributed by atoms with Gasteiger partial charge in [-0.25, -0.2) is 0 Å². The topological polar surface area (TPSA) is 41.5 Å². The quantitative estimate of drug-likeness (QED) is 0.805. The summed E-state index contributed by atoms with van der Waals surface area (Å²) in [5, 5.41) is 12.9. The summed E-state index contributed by atoms with van der Waals surface area (Å²) in [5.41, 5.74) is 1.05. The Bertz CT molecular complexity index is 346. The highest BCUT2D eigenvalue weighted by Gasteiger charge is 2.35. The molecule has 2 rings (SSSR count). The number of benzene rings is 1. The number of nitrogens with one attached hydrogen (secondary N) is 1. The van der Waals surface area contributed by atoms with Gasteiger partial charge in [0.15, 0.2) is 0 Å². The average molecular weight is 221 g/mol. The molecule has 1 fully saturated rings. The number of hydrogen-bond donors (Lipinski definition) is 2. The molecular formula is C13H19NO2. The van der Waals surface area contributed by atoms with Crippen molar-refractivity contribution >= 4 is 0 Å². The summed E-state index contributed by atoms with van der Waals surface area (Å²) in [6.07, 6.45) is 0.985. The predicted molar refractivity (Wildman–Crippen MR) is 63.9 cm³/mol. The van der Waals surface area contributed by atoms with Gasteiger partial charge >= 0.3 is 0 Å². The monoisotopic (exact) mass is 221 g/mol. The maximum Gasteiger partial charge on any atom is 0.119 e. The van der Waals surface area contributed by atoms with E-state index >= 15 is 0 Å². The normalized spacial score (nSPS) is 24.6. The zero-order chi connectivity index (χ0) is 11.4. The van der Waals surface area contributed by atoms with E-state index in [9.17, 15) is 5.11 Å².